The quantitative estimate of drug-likeness (QED) is 0.282. The number of nitrogens with one attached hydrogen (secondary N) is 2. The smallest absolute Gasteiger partial charge is 0.401 e. The van der Waals surface area contributed by atoms with E-state index < -0.39 is 24.5 Å². The fraction of sp³-hybridized carbons (Fsp3) is 0.379. The van der Waals surface area contributed by atoms with E-state index in [9.17, 15) is 23.1 Å². The molecule has 6 rings (SSSR count). The number of carbonyl (C=O) groups excluding carboxylic acids is 1. The molecule has 3 aliphatic heterocycles. The summed E-state index contributed by atoms with van der Waals surface area (Å²) in [6.45, 7) is 0.838. The van der Waals surface area contributed by atoms with E-state index in [4.69, 9.17) is 15.5 Å². The molecule has 0 saturated carbocycles. The number of imidazole rings is 1. The van der Waals surface area contributed by atoms with Crippen LogP contribution in [0.3, 0.4) is 0 Å². The molecule has 12 nitrogen and oxygen atoms in total. The number of hydrogen-bond acceptors (Lipinski definition) is 10. The topological polar surface area (TPSA) is 146 Å². The van der Waals surface area contributed by atoms with Gasteiger partial charge in [0.25, 0.3) is 5.91 Å². The Labute approximate surface area is 250 Å². The second-order valence-corrected chi connectivity index (χ2v) is 11.0. The van der Waals surface area contributed by atoms with E-state index in [2.05, 4.69) is 25.5 Å². The van der Waals surface area contributed by atoms with Crippen molar-refractivity contribution >= 4 is 39.9 Å². The Morgan fingerprint density at radius 2 is 2.00 bits per heavy atom. The molecule has 0 aliphatic carbocycles. The van der Waals surface area contributed by atoms with Gasteiger partial charge in [-0.25, -0.2) is 15.0 Å². The fourth-order valence-corrected chi connectivity index (χ4v) is 5.48. The Balaban J connectivity index is 1.36. The van der Waals surface area contributed by atoms with Crippen molar-refractivity contribution in [2.75, 3.05) is 38.2 Å². The Hall–Kier alpha value is -4.31. The van der Waals surface area contributed by atoms with Gasteiger partial charge < -0.3 is 24.6 Å². The van der Waals surface area contributed by atoms with Gasteiger partial charge in [-0.2, -0.15) is 13.2 Å². The van der Waals surface area contributed by atoms with Gasteiger partial charge in [-0.05, 0) is 42.8 Å². The third-order valence-corrected chi connectivity index (χ3v) is 7.80. The Kier molecular flexibility index (Phi) is 7.65. The van der Waals surface area contributed by atoms with Gasteiger partial charge in [-0.3, -0.25) is 20.7 Å². The number of methoxy groups -OCH3 is 1. The summed E-state index contributed by atoms with van der Waals surface area (Å²) < 4.78 is 46.2. The summed E-state index contributed by atoms with van der Waals surface area (Å²) in [5.74, 6) is -1.53. The van der Waals surface area contributed by atoms with Crippen molar-refractivity contribution < 1.29 is 27.8 Å². The van der Waals surface area contributed by atoms with Crippen LogP contribution in [0.25, 0.3) is 16.7 Å². The highest BCUT2D eigenvalue weighted by atomic mass is 19.4. The van der Waals surface area contributed by atoms with Gasteiger partial charge in [0.15, 0.2) is 11.5 Å². The molecule has 0 radical (unpaired) electrons. The molecule has 2 aromatic carbocycles. The van der Waals surface area contributed by atoms with E-state index in [0.29, 0.717) is 35.7 Å². The lowest BCUT2D eigenvalue weighted by atomic mass is 10.1. The van der Waals surface area contributed by atoms with Crippen LogP contribution in [0.15, 0.2) is 58.6 Å². The lowest BCUT2D eigenvalue weighted by molar-refractivity contribution is -0.132. The number of nitrogens with zero attached hydrogens (tertiary/aromatic N) is 6. The van der Waals surface area contributed by atoms with Crippen LogP contribution in [-0.4, -0.2) is 88.5 Å². The minimum Gasteiger partial charge on any atom is -0.497 e. The minimum absolute atomic E-state index is 0.0178. The van der Waals surface area contributed by atoms with Gasteiger partial charge >= 0.3 is 6.18 Å². The van der Waals surface area contributed by atoms with Gasteiger partial charge in [0.05, 0.1) is 36.5 Å². The number of halogens is 3. The van der Waals surface area contributed by atoms with Crippen LogP contribution in [-0.2, 0) is 18.3 Å². The lowest BCUT2D eigenvalue weighted by Crippen LogP contribution is -2.71. The van der Waals surface area contributed by atoms with Crippen LogP contribution in [0.4, 0.5) is 18.9 Å². The molecule has 44 heavy (non-hydrogen) atoms. The molecule has 1 aromatic heterocycles. The zero-order chi connectivity index (χ0) is 31.2. The number of nitrogens with two attached hydrogens (primary N) is 1. The zero-order valence-electron chi connectivity index (χ0n) is 24.1. The largest absolute Gasteiger partial charge is 0.497 e. The van der Waals surface area contributed by atoms with Gasteiger partial charge in [-0.15, -0.1) is 0 Å². The molecule has 3 aliphatic rings. The highest BCUT2D eigenvalue weighted by Crippen LogP contribution is 2.31. The van der Waals surface area contributed by atoms with Gasteiger partial charge in [-0.1, -0.05) is 6.07 Å². The fourth-order valence-electron chi connectivity index (χ4n) is 5.48. The van der Waals surface area contributed by atoms with E-state index in [1.54, 1.807) is 35.4 Å². The number of rotatable bonds is 8. The SMILES string of the molecule is COc1ccc(N2C=C(c3ccc4nc(CCN5CCC(O)C5)n(C)c4c3)N=C3C(=O)NC(N)(NCC(F)(F)F)N=C32)cc1. The maximum atomic E-state index is 13.3. The van der Waals surface area contributed by atoms with E-state index in [1.807, 2.05) is 29.8 Å². The van der Waals surface area contributed by atoms with Crippen LogP contribution in [0.1, 0.15) is 17.8 Å². The van der Waals surface area contributed by atoms with Crippen LogP contribution < -0.4 is 26.0 Å². The number of ether oxygens (including phenoxy) is 1. The molecule has 0 spiro atoms. The number of alkyl halides is 3. The molecule has 0 bridgehead atoms. The number of likely N-dealkylation sites (tertiary alicyclic amines) is 1. The molecule has 3 aromatic rings. The first-order valence-electron chi connectivity index (χ1n) is 14.0. The molecular formula is C29H32F3N9O3. The van der Waals surface area contributed by atoms with E-state index in [1.165, 1.54) is 7.11 Å². The van der Waals surface area contributed by atoms with E-state index in [0.717, 1.165) is 36.4 Å². The van der Waals surface area contributed by atoms with Crippen molar-refractivity contribution in [2.24, 2.45) is 22.8 Å². The first-order valence-corrected chi connectivity index (χ1v) is 14.0. The number of aromatic nitrogens is 2. The van der Waals surface area contributed by atoms with E-state index in [-0.39, 0.29) is 17.7 Å². The number of benzene rings is 2. The predicted molar refractivity (Wildman–Crippen MR) is 159 cm³/mol. The monoisotopic (exact) mass is 611 g/mol. The molecule has 1 amide bonds. The normalized spacial score (nSPS) is 22.4. The summed E-state index contributed by atoms with van der Waals surface area (Å²) in [7, 11) is 3.46. The highest BCUT2D eigenvalue weighted by Gasteiger charge is 2.42. The van der Waals surface area contributed by atoms with Crippen LogP contribution >= 0.6 is 0 Å². The highest BCUT2D eigenvalue weighted by molar-refractivity contribution is 6.70. The number of β-amino-alcohol motifs (C(OH)–C–C–N with tert-alkyl or cyclic N) is 1. The number of amidine groups is 1. The van der Waals surface area contributed by atoms with Crippen molar-refractivity contribution in [3.63, 3.8) is 0 Å². The summed E-state index contributed by atoms with van der Waals surface area (Å²) in [5.41, 5.74) is 9.29. The number of carbonyl (C=O) groups is 1. The van der Waals surface area contributed by atoms with Gasteiger partial charge in [0.1, 0.15) is 11.6 Å². The van der Waals surface area contributed by atoms with Gasteiger partial charge in [0, 0.05) is 50.6 Å². The first kappa shape index (κ1) is 29.7. The molecular weight excluding hydrogens is 579 g/mol. The Morgan fingerprint density at radius 3 is 2.68 bits per heavy atom. The van der Waals surface area contributed by atoms with Crippen LogP contribution in [0.2, 0.25) is 0 Å². The zero-order valence-corrected chi connectivity index (χ0v) is 24.1. The molecule has 1 saturated heterocycles. The predicted octanol–water partition coefficient (Wildman–Crippen LogP) is 1.70. The molecule has 2 unspecified atom stereocenters. The van der Waals surface area contributed by atoms with Crippen molar-refractivity contribution in [2.45, 2.75) is 31.0 Å². The summed E-state index contributed by atoms with van der Waals surface area (Å²) in [4.78, 5) is 30.7. The number of aryl methyl sites for hydroxylation is 1. The first-order chi connectivity index (χ1) is 20.9. The summed E-state index contributed by atoms with van der Waals surface area (Å²) >= 11 is 0. The van der Waals surface area contributed by atoms with Crippen molar-refractivity contribution in [3.05, 3.63) is 60.1 Å². The molecule has 1 fully saturated rings. The van der Waals surface area contributed by atoms with Crippen LogP contribution in [0.5, 0.6) is 5.75 Å². The summed E-state index contributed by atoms with van der Waals surface area (Å²) in [6.07, 6.45) is -1.72. The third kappa shape index (κ3) is 6.04. The molecule has 4 heterocycles. The molecule has 2 atom stereocenters. The number of fused-ring (bicyclic) bond motifs is 2. The number of hydrogen-bond donors (Lipinski definition) is 4. The van der Waals surface area contributed by atoms with Crippen LogP contribution in [0, 0.1) is 0 Å². The maximum absolute atomic E-state index is 13.3. The van der Waals surface area contributed by atoms with Crippen molar-refractivity contribution in [1.82, 2.24) is 25.1 Å². The molecule has 15 heteroatoms. The standard InChI is InChI=1S/C29H32F3N9O3/c1-39-23-13-17(3-8-21(23)35-24(39)10-12-40-11-9-19(42)14-40)22-15-41(18-4-6-20(44-2)7-5-18)26-25(36-22)27(43)38-29(33,37-26)34-16-28(30,31)32/h3-8,13,15,19,34,42H,9-12,14,16,33H2,1-2H3,(H,38,43). The average molecular weight is 612 g/mol. The second kappa shape index (κ2) is 11.3. The Bertz CT molecular complexity index is 1680. The number of aliphatic hydroxyl groups excluding tert-OH is 1. The number of aliphatic imine (C=N–C) groups is 2. The van der Waals surface area contributed by atoms with Crippen molar-refractivity contribution in [3.8, 4) is 5.75 Å². The molecule has 232 valence electrons. The van der Waals surface area contributed by atoms with Crippen molar-refractivity contribution in [1.29, 1.82) is 0 Å². The third-order valence-electron chi connectivity index (χ3n) is 7.80. The Morgan fingerprint density at radius 1 is 1.23 bits per heavy atom. The summed E-state index contributed by atoms with van der Waals surface area (Å²) in [5, 5.41) is 14.2. The minimum atomic E-state index is -4.58. The number of aliphatic hydroxyl groups is 1. The van der Waals surface area contributed by atoms with E-state index >= 15 is 0 Å². The summed E-state index contributed by atoms with van der Waals surface area (Å²) in [6, 6.07) is 12.5. The number of anilines is 1. The maximum Gasteiger partial charge on any atom is 0.401 e. The lowest BCUT2D eigenvalue weighted by Gasteiger charge is -2.37. The van der Waals surface area contributed by atoms with Gasteiger partial charge in [0.2, 0.25) is 5.91 Å². The molecule has 5 N–H and O–H groups in total. The second-order valence-electron chi connectivity index (χ2n) is 11.0. The number of amides is 1. The average Bonchev–Trinajstić information content (AvgIpc) is 3.56.